The number of fused-ring (bicyclic) bond motifs is 1. The van der Waals surface area contributed by atoms with Crippen LogP contribution in [0.5, 0.6) is 0 Å². The van der Waals surface area contributed by atoms with Crippen molar-refractivity contribution in [3.05, 3.63) is 93.9 Å². The van der Waals surface area contributed by atoms with E-state index in [4.69, 9.17) is 11.6 Å². The number of aromatic nitrogens is 3. The van der Waals surface area contributed by atoms with E-state index < -0.39 is 17.6 Å². The summed E-state index contributed by atoms with van der Waals surface area (Å²) >= 11 is 5.79. The lowest BCUT2D eigenvalue weighted by Crippen LogP contribution is -2.15. The fourth-order valence-electron chi connectivity index (χ4n) is 3.09. The molecule has 2 aromatic carbocycles. The van der Waals surface area contributed by atoms with E-state index in [1.807, 2.05) is 0 Å². The smallest absolute Gasteiger partial charge is 0.322 e. The maximum atomic E-state index is 13.0. The Hall–Kier alpha value is -3.83. The molecule has 32 heavy (non-hydrogen) atoms. The average molecular weight is 455 g/mol. The van der Waals surface area contributed by atoms with E-state index >= 15 is 0 Å². The molecule has 0 radical (unpaired) electrons. The van der Waals surface area contributed by atoms with Crippen molar-refractivity contribution < 1.29 is 18.0 Å². The van der Waals surface area contributed by atoms with Gasteiger partial charge in [-0.1, -0.05) is 23.6 Å². The van der Waals surface area contributed by atoms with Crippen LogP contribution in [-0.4, -0.2) is 20.5 Å². The van der Waals surface area contributed by atoms with E-state index in [0.717, 1.165) is 12.1 Å². The monoisotopic (exact) mass is 454 g/mol. The minimum Gasteiger partial charge on any atom is -0.322 e. The number of benzene rings is 2. The molecule has 0 aliphatic rings. The lowest BCUT2D eigenvalue weighted by Gasteiger charge is -2.12. The Balaban J connectivity index is 1.62. The van der Waals surface area contributed by atoms with E-state index in [2.05, 4.69) is 27.2 Å². The Morgan fingerprint density at radius 1 is 1.12 bits per heavy atom. The van der Waals surface area contributed by atoms with Crippen LogP contribution in [0.3, 0.4) is 0 Å². The fraction of sp³-hybridized carbons (Fsp3) is 0.0870. The van der Waals surface area contributed by atoms with Crippen molar-refractivity contribution in [2.45, 2.75) is 13.1 Å². The van der Waals surface area contributed by atoms with Crippen molar-refractivity contribution in [3.63, 3.8) is 0 Å². The number of alkyl halides is 3. The molecular formula is C23H14ClF3N4O. The highest BCUT2D eigenvalue weighted by Crippen LogP contribution is 2.33. The largest absolute Gasteiger partial charge is 0.416 e. The Morgan fingerprint density at radius 3 is 2.72 bits per heavy atom. The minimum atomic E-state index is -4.58. The molecule has 0 atom stereocenters. The van der Waals surface area contributed by atoms with Crippen LogP contribution in [0.1, 0.15) is 32.7 Å². The van der Waals surface area contributed by atoms with Gasteiger partial charge < -0.3 is 5.32 Å². The summed E-state index contributed by atoms with van der Waals surface area (Å²) in [5.41, 5.74) is 1.68. The van der Waals surface area contributed by atoms with Crippen molar-refractivity contribution >= 4 is 28.8 Å². The first-order valence-corrected chi connectivity index (χ1v) is 9.70. The van der Waals surface area contributed by atoms with Crippen molar-refractivity contribution in [3.8, 4) is 11.8 Å². The third kappa shape index (κ3) is 4.43. The number of nitrogens with zero attached hydrogens (tertiary/aromatic N) is 3. The number of amides is 1. The zero-order valence-electron chi connectivity index (χ0n) is 16.5. The van der Waals surface area contributed by atoms with E-state index in [9.17, 15) is 18.0 Å². The average Bonchev–Trinajstić information content (AvgIpc) is 3.15. The first-order valence-electron chi connectivity index (χ1n) is 9.32. The summed E-state index contributed by atoms with van der Waals surface area (Å²) in [6.07, 6.45) is -1.36. The van der Waals surface area contributed by atoms with Gasteiger partial charge in [0.1, 0.15) is 5.69 Å². The molecule has 0 fully saturated rings. The molecule has 160 valence electrons. The zero-order valence-corrected chi connectivity index (χ0v) is 17.3. The van der Waals surface area contributed by atoms with Crippen LogP contribution >= 0.6 is 11.6 Å². The molecule has 0 saturated carbocycles. The molecule has 2 aromatic heterocycles. The van der Waals surface area contributed by atoms with Crippen LogP contribution in [0.4, 0.5) is 18.9 Å². The van der Waals surface area contributed by atoms with Crippen molar-refractivity contribution in [1.82, 2.24) is 14.6 Å². The van der Waals surface area contributed by atoms with E-state index in [1.165, 1.54) is 6.07 Å². The van der Waals surface area contributed by atoms with E-state index in [1.54, 1.807) is 54.2 Å². The number of halogens is 4. The fourth-order valence-corrected chi connectivity index (χ4v) is 3.32. The molecule has 1 amide bonds. The van der Waals surface area contributed by atoms with Crippen LogP contribution < -0.4 is 5.32 Å². The molecule has 0 aliphatic carbocycles. The molecule has 5 nitrogen and oxygen atoms in total. The number of imidazole rings is 1. The molecule has 0 bridgehead atoms. The topological polar surface area (TPSA) is 59.3 Å². The maximum Gasteiger partial charge on any atom is 0.416 e. The van der Waals surface area contributed by atoms with Crippen molar-refractivity contribution in [2.24, 2.45) is 0 Å². The second kappa shape index (κ2) is 8.36. The van der Waals surface area contributed by atoms with Crippen LogP contribution in [0.25, 0.3) is 5.65 Å². The highest BCUT2D eigenvalue weighted by molar-refractivity contribution is 6.31. The summed E-state index contributed by atoms with van der Waals surface area (Å²) in [5.74, 6) is 5.42. The number of hydrogen-bond donors (Lipinski definition) is 1. The molecule has 1 N–H and O–H groups in total. The molecular weight excluding hydrogens is 441 g/mol. The highest BCUT2D eigenvalue weighted by atomic mass is 35.5. The normalized spacial score (nSPS) is 11.2. The second-order valence-corrected chi connectivity index (χ2v) is 7.28. The third-order valence-corrected chi connectivity index (χ3v) is 4.88. The van der Waals surface area contributed by atoms with Gasteiger partial charge in [-0.2, -0.15) is 18.3 Å². The SMILES string of the molecule is Cc1c(C#Cc2cnc3cccnn23)cccc1C(=O)Nc1cc(Cl)cc(C(F)(F)F)c1. The summed E-state index contributed by atoms with van der Waals surface area (Å²) in [7, 11) is 0. The molecule has 9 heteroatoms. The predicted molar refractivity (Wildman–Crippen MR) is 115 cm³/mol. The number of hydrogen-bond acceptors (Lipinski definition) is 3. The standard InChI is InChI=1S/C23H14ClF3N4O/c1-14-15(7-8-19-13-28-21-6-3-9-29-31(19)21)4-2-5-20(14)22(32)30-18-11-16(23(25,26)27)10-17(24)12-18/h2-6,9-13H,1H3,(H,30,32). The molecule has 0 aliphatic heterocycles. The Labute approximate surface area is 185 Å². The van der Waals surface area contributed by atoms with Gasteiger partial charge in [0.25, 0.3) is 5.91 Å². The van der Waals surface area contributed by atoms with Crippen LogP contribution in [0, 0.1) is 18.8 Å². The molecule has 0 spiro atoms. The number of carbonyl (C=O) groups excluding carboxylic acids is 1. The molecule has 4 aromatic rings. The predicted octanol–water partition coefficient (Wildman–Crippen LogP) is 5.36. The first kappa shape index (κ1) is 21.4. The quantitative estimate of drug-likeness (QED) is 0.415. The maximum absolute atomic E-state index is 13.0. The number of rotatable bonds is 2. The Kier molecular flexibility index (Phi) is 5.59. The lowest BCUT2D eigenvalue weighted by atomic mass is 10.0. The summed E-state index contributed by atoms with van der Waals surface area (Å²) < 4.78 is 40.7. The first-order chi connectivity index (χ1) is 15.2. The summed E-state index contributed by atoms with van der Waals surface area (Å²) in [5, 5.41) is 6.54. The van der Waals surface area contributed by atoms with Gasteiger partial charge in [-0.25, -0.2) is 9.50 Å². The zero-order chi connectivity index (χ0) is 22.9. The van der Waals surface area contributed by atoms with Gasteiger partial charge in [0.2, 0.25) is 0 Å². The Bertz CT molecular complexity index is 1400. The van der Waals surface area contributed by atoms with Gasteiger partial charge in [0, 0.05) is 28.0 Å². The summed E-state index contributed by atoms with van der Waals surface area (Å²) in [4.78, 5) is 17.0. The summed E-state index contributed by atoms with van der Waals surface area (Å²) in [6.45, 7) is 1.71. The number of anilines is 1. The van der Waals surface area contributed by atoms with Crippen molar-refractivity contribution in [1.29, 1.82) is 0 Å². The lowest BCUT2D eigenvalue weighted by molar-refractivity contribution is -0.137. The van der Waals surface area contributed by atoms with Crippen LogP contribution in [-0.2, 0) is 6.18 Å². The van der Waals surface area contributed by atoms with Crippen LogP contribution in [0.15, 0.2) is 60.9 Å². The van der Waals surface area contributed by atoms with Gasteiger partial charge in [-0.05, 0) is 60.9 Å². The van der Waals surface area contributed by atoms with E-state index in [0.29, 0.717) is 22.5 Å². The van der Waals surface area contributed by atoms with E-state index in [-0.39, 0.29) is 16.3 Å². The number of carbonyl (C=O) groups is 1. The van der Waals surface area contributed by atoms with Gasteiger partial charge in [-0.15, -0.1) is 0 Å². The number of nitrogens with one attached hydrogen (secondary N) is 1. The van der Waals surface area contributed by atoms with Crippen LogP contribution in [0.2, 0.25) is 5.02 Å². The Morgan fingerprint density at radius 2 is 1.94 bits per heavy atom. The molecule has 0 saturated heterocycles. The molecule has 2 heterocycles. The highest BCUT2D eigenvalue weighted by Gasteiger charge is 2.31. The molecule has 4 rings (SSSR count). The minimum absolute atomic E-state index is 0.0532. The summed E-state index contributed by atoms with van der Waals surface area (Å²) in [6, 6.07) is 11.4. The van der Waals surface area contributed by atoms with Gasteiger partial charge in [-0.3, -0.25) is 4.79 Å². The van der Waals surface area contributed by atoms with Gasteiger partial charge in [0.05, 0.1) is 11.8 Å². The second-order valence-electron chi connectivity index (χ2n) is 6.85. The third-order valence-electron chi connectivity index (χ3n) is 4.66. The van der Waals surface area contributed by atoms with Gasteiger partial charge >= 0.3 is 6.18 Å². The molecule has 0 unspecified atom stereocenters. The van der Waals surface area contributed by atoms with Crippen molar-refractivity contribution in [2.75, 3.05) is 5.32 Å². The van der Waals surface area contributed by atoms with Gasteiger partial charge in [0.15, 0.2) is 5.65 Å².